The maximum atomic E-state index is 11.5. The Morgan fingerprint density at radius 3 is 2.39 bits per heavy atom. The molecular weight excluding hydrogens is 376 g/mol. The zero-order valence-electron chi connectivity index (χ0n) is 15.5. The highest BCUT2D eigenvalue weighted by molar-refractivity contribution is 7.91. The summed E-state index contributed by atoms with van der Waals surface area (Å²) in [6.07, 6.45) is 7.99. The second-order valence-corrected chi connectivity index (χ2v) is 9.26. The van der Waals surface area contributed by atoms with E-state index in [1.165, 1.54) is 0 Å². The fourth-order valence-corrected chi connectivity index (χ4v) is 4.61. The lowest BCUT2D eigenvalue weighted by Crippen LogP contribution is -2.40. The Hall–Kier alpha value is -2.85. The fraction of sp³-hybridized carbons (Fsp3) is 0.333. The number of nitrogens with zero attached hydrogens (tertiary/aromatic N) is 2. The number of carbonyl (C=O) groups is 1. The predicted molar refractivity (Wildman–Crippen MR) is 109 cm³/mol. The van der Waals surface area contributed by atoms with Crippen LogP contribution in [0.25, 0.3) is 6.08 Å². The Kier molecular flexibility index (Phi) is 6.00. The standard InChI is InChI=1S/C21H22N2O4S/c22-15-20(21(24)25)18-3-1-2-17(14-18)5-4-16-6-8-19(9-7-16)23-10-12-28(26,27)13-11-23/h4-9,14H,1-3,10-13H2,(H,24,25). The van der Waals surface area contributed by atoms with E-state index in [9.17, 15) is 13.2 Å². The molecule has 0 bridgehead atoms. The lowest BCUT2D eigenvalue weighted by Gasteiger charge is -2.28. The van der Waals surface area contributed by atoms with Crippen LogP contribution in [-0.4, -0.2) is 44.1 Å². The lowest BCUT2D eigenvalue weighted by atomic mass is 9.91. The number of carboxylic acids is 1. The van der Waals surface area contributed by atoms with Crippen LogP contribution in [0.15, 0.2) is 53.1 Å². The molecule has 0 aromatic heterocycles. The first-order valence-electron chi connectivity index (χ1n) is 9.18. The molecular formula is C21H22N2O4S. The van der Waals surface area contributed by atoms with Crippen molar-refractivity contribution in [2.45, 2.75) is 19.3 Å². The highest BCUT2D eigenvalue weighted by Gasteiger charge is 2.21. The largest absolute Gasteiger partial charge is 0.477 e. The van der Waals surface area contributed by atoms with Crippen molar-refractivity contribution in [2.75, 3.05) is 29.5 Å². The molecule has 2 aliphatic rings. The molecule has 0 atom stereocenters. The maximum Gasteiger partial charge on any atom is 0.346 e. The van der Waals surface area contributed by atoms with E-state index in [1.807, 2.05) is 36.4 Å². The van der Waals surface area contributed by atoms with Gasteiger partial charge in [-0.05, 0) is 48.1 Å². The second-order valence-electron chi connectivity index (χ2n) is 6.95. The summed E-state index contributed by atoms with van der Waals surface area (Å²) in [5.74, 6) is -0.792. The van der Waals surface area contributed by atoms with Gasteiger partial charge in [0.1, 0.15) is 11.6 Å². The quantitative estimate of drug-likeness (QED) is 0.618. The molecule has 0 spiro atoms. The van der Waals surface area contributed by atoms with Crippen molar-refractivity contribution in [3.8, 4) is 6.07 Å². The number of benzene rings is 1. The lowest BCUT2D eigenvalue weighted by molar-refractivity contribution is -0.132. The van der Waals surface area contributed by atoms with E-state index >= 15 is 0 Å². The van der Waals surface area contributed by atoms with Gasteiger partial charge in [-0.15, -0.1) is 0 Å². The van der Waals surface area contributed by atoms with Gasteiger partial charge >= 0.3 is 5.97 Å². The van der Waals surface area contributed by atoms with Crippen molar-refractivity contribution >= 4 is 27.6 Å². The van der Waals surface area contributed by atoms with Gasteiger partial charge in [0.2, 0.25) is 0 Å². The van der Waals surface area contributed by atoms with Crippen LogP contribution in [0.5, 0.6) is 0 Å². The van der Waals surface area contributed by atoms with Crippen LogP contribution in [0.3, 0.4) is 0 Å². The summed E-state index contributed by atoms with van der Waals surface area (Å²) >= 11 is 0. The van der Waals surface area contributed by atoms with E-state index in [4.69, 9.17) is 10.4 Å². The summed E-state index contributed by atoms with van der Waals surface area (Å²) in [7, 11) is -2.89. The summed E-state index contributed by atoms with van der Waals surface area (Å²) in [5.41, 5.74) is 3.41. The number of sulfone groups is 1. The van der Waals surface area contributed by atoms with Crippen LogP contribution < -0.4 is 4.90 Å². The second kappa shape index (κ2) is 8.44. The van der Waals surface area contributed by atoms with Gasteiger partial charge in [0, 0.05) is 18.8 Å². The fourth-order valence-electron chi connectivity index (χ4n) is 3.41. The summed E-state index contributed by atoms with van der Waals surface area (Å²) in [6.45, 7) is 1.04. The Morgan fingerprint density at radius 2 is 1.79 bits per heavy atom. The van der Waals surface area contributed by atoms with Gasteiger partial charge in [-0.1, -0.05) is 30.4 Å². The monoisotopic (exact) mass is 398 g/mol. The normalized spacial score (nSPS) is 21.1. The number of carboxylic acid groups (broad SMARTS) is 1. The number of hydrogen-bond acceptors (Lipinski definition) is 5. The molecule has 1 aromatic carbocycles. The van der Waals surface area contributed by atoms with Gasteiger partial charge in [-0.25, -0.2) is 13.2 Å². The number of allylic oxidation sites excluding steroid dienone is 4. The van der Waals surface area contributed by atoms with Gasteiger partial charge in [-0.3, -0.25) is 0 Å². The van der Waals surface area contributed by atoms with Crippen LogP contribution in [0, 0.1) is 11.3 Å². The number of rotatable bonds is 4. The van der Waals surface area contributed by atoms with Crippen LogP contribution in [0.4, 0.5) is 5.69 Å². The van der Waals surface area contributed by atoms with Gasteiger partial charge in [-0.2, -0.15) is 5.26 Å². The first kappa shape index (κ1) is 19.9. The van der Waals surface area contributed by atoms with E-state index in [1.54, 1.807) is 12.1 Å². The molecule has 6 nitrogen and oxygen atoms in total. The number of nitriles is 1. The highest BCUT2D eigenvalue weighted by Crippen LogP contribution is 2.26. The molecule has 0 amide bonds. The molecule has 146 valence electrons. The number of hydrogen-bond donors (Lipinski definition) is 1. The molecule has 1 aromatic rings. The minimum atomic E-state index is -2.89. The van der Waals surface area contributed by atoms with Gasteiger partial charge < -0.3 is 10.0 Å². The third-order valence-corrected chi connectivity index (χ3v) is 6.62. The molecule has 1 heterocycles. The third-order valence-electron chi connectivity index (χ3n) is 5.01. The molecule has 1 fully saturated rings. The van der Waals surface area contributed by atoms with Gasteiger partial charge in [0.25, 0.3) is 0 Å². The first-order valence-corrected chi connectivity index (χ1v) is 11.0. The molecule has 3 rings (SSSR count). The molecule has 1 saturated heterocycles. The average Bonchev–Trinajstić information content (AvgIpc) is 2.67. The maximum absolute atomic E-state index is 11.5. The predicted octanol–water partition coefficient (Wildman–Crippen LogP) is 2.95. The van der Waals surface area contributed by atoms with Crippen molar-refractivity contribution < 1.29 is 18.3 Å². The minimum Gasteiger partial charge on any atom is -0.477 e. The Labute approximate surface area is 165 Å². The van der Waals surface area contributed by atoms with Crippen LogP contribution in [0.1, 0.15) is 24.8 Å². The summed E-state index contributed by atoms with van der Waals surface area (Å²) < 4.78 is 23.1. The Bertz CT molecular complexity index is 982. The number of anilines is 1. The van der Waals surface area contributed by atoms with Crippen LogP contribution >= 0.6 is 0 Å². The van der Waals surface area contributed by atoms with E-state index in [0.29, 0.717) is 25.1 Å². The zero-order chi connectivity index (χ0) is 20.1. The Balaban J connectivity index is 1.70. The van der Waals surface area contributed by atoms with Gasteiger partial charge in [0.05, 0.1) is 11.5 Å². The summed E-state index contributed by atoms with van der Waals surface area (Å²) in [4.78, 5) is 13.2. The smallest absolute Gasteiger partial charge is 0.346 e. The van der Waals surface area contributed by atoms with Crippen LogP contribution in [0.2, 0.25) is 0 Å². The molecule has 28 heavy (non-hydrogen) atoms. The van der Waals surface area contributed by atoms with E-state index in [0.717, 1.165) is 29.7 Å². The minimum absolute atomic E-state index is 0.182. The summed E-state index contributed by atoms with van der Waals surface area (Å²) in [5, 5.41) is 18.1. The van der Waals surface area contributed by atoms with Crippen molar-refractivity contribution in [2.24, 2.45) is 0 Å². The molecule has 0 radical (unpaired) electrons. The first-order chi connectivity index (χ1) is 13.4. The van der Waals surface area contributed by atoms with Crippen molar-refractivity contribution in [3.05, 3.63) is 58.7 Å². The Morgan fingerprint density at radius 1 is 1.11 bits per heavy atom. The average molecular weight is 398 g/mol. The third kappa shape index (κ3) is 4.90. The molecule has 0 unspecified atom stereocenters. The molecule has 1 N–H and O–H groups in total. The van der Waals surface area contributed by atoms with Crippen LogP contribution in [-0.2, 0) is 14.6 Å². The van der Waals surface area contributed by atoms with E-state index in [2.05, 4.69) is 4.90 Å². The SMILES string of the molecule is N#CC(C(=O)O)=C1C=C(C=Cc2ccc(N3CCS(=O)(=O)CC3)cc2)CCC1. The molecule has 1 aliphatic heterocycles. The van der Waals surface area contributed by atoms with E-state index in [-0.39, 0.29) is 17.1 Å². The molecule has 0 saturated carbocycles. The topological polar surface area (TPSA) is 98.5 Å². The zero-order valence-corrected chi connectivity index (χ0v) is 16.3. The number of aliphatic carboxylic acids is 1. The summed E-state index contributed by atoms with van der Waals surface area (Å²) in [6, 6.07) is 9.70. The molecule has 7 heteroatoms. The highest BCUT2D eigenvalue weighted by atomic mass is 32.2. The van der Waals surface area contributed by atoms with E-state index < -0.39 is 15.8 Å². The van der Waals surface area contributed by atoms with Crippen molar-refractivity contribution in [1.29, 1.82) is 5.26 Å². The van der Waals surface area contributed by atoms with Crippen molar-refractivity contribution in [3.63, 3.8) is 0 Å². The molecule has 1 aliphatic carbocycles. The van der Waals surface area contributed by atoms with Crippen molar-refractivity contribution in [1.82, 2.24) is 0 Å². The van der Waals surface area contributed by atoms with Gasteiger partial charge in [0.15, 0.2) is 9.84 Å².